The number of benzene rings is 3. The number of ether oxygens (including phenoxy) is 3. The lowest BCUT2D eigenvalue weighted by molar-refractivity contribution is -0.118. The Morgan fingerprint density at radius 3 is 2.17 bits per heavy atom. The number of nitrogens with one attached hydrogen (secondary N) is 1. The van der Waals surface area contributed by atoms with Gasteiger partial charge in [0.25, 0.3) is 5.88 Å². The van der Waals surface area contributed by atoms with Gasteiger partial charge in [-0.05, 0) is 36.4 Å². The van der Waals surface area contributed by atoms with Gasteiger partial charge in [0.15, 0.2) is 11.2 Å². The van der Waals surface area contributed by atoms with E-state index in [-0.39, 0.29) is 41.2 Å². The lowest BCUT2D eigenvalue weighted by Gasteiger charge is -2.22. The van der Waals surface area contributed by atoms with Crippen molar-refractivity contribution in [2.24, 2.45) is 5.92 Å². The van der Waals surface area contributed by atoms with Crippen LogP contribution >= 0.6 is 0 Å². The van der Waals surface area contributed by atoms with Crippen LogP contribution in [0.1, 0.15) is 36.9 Å². The molecule has 2 amide bonds. The molecule has 1 saturated heterocycles. The van der Waals surface area contributed by atoms with Gasteiger partial charge in [-0.25, -0.2) is 19.5 Å². The topological polar surface area (TPSA) is 158 Å². The van der Waals surface area contributed by atoms with Gasteiger partial charge in [0.05, 0.1) is 29.9 Å². The van der Waals surface area contributed by atoms with Crippen molar-refractivity contribution in [1.82, 2.24) is 19.5 Å². The Kier molecular flexibility index (Phi) is 9.18. The molecule has 0 aliphatic carbocycles. The Morgan fingerprint density at radius 2 is 1.57 bits per heavy atom. The van der Waals surface area contributed by atoms with E-state index in [9.17, 15) is 19.5 Å². The minimum atomic E-state index is -0.824. The van der Waals surface area contributed by atoms with Crippen molar-refractivity contribution < 1.29 is 33.7 Å². The minimum absolute atomic E-state index is 0.115. The van der Waals surface area contributed by atoms with Gasteiger partial charge in [-0.15, -0.1) is 0 Å². The predicted octanol–water partition coefficient (Wildman–Crippen LogP) is 5.26. The van der Waals surface area contributed by atoms with Gasteiger partial charge in [0, 0.05) is 12.3 Å². The molecule has 5 aromatic rings. The summed E-state index contributed by atoms with van der Waals surface area (Å²) in [6, 6.07) is 26.5. The van der Waals surface area contributed by atoms with E-state index >= 15 is 0 Å². The minimum Gasteiger partial charge on any atom is -0.456 e. The lowest BCUT2D eigenvalue weighted by atomic mass is 10.1. The van der Waals surface area contributed by atoms with Gasteiger partial charge in [-0.3, -0.25) is 14.7 Å². The number of anilines is 3. The third-order valence-electron chi connectivity index (χ3n) is 7.48. The maximum absolute atomic E-state index is 13.8. The van der Waals surface area contributed by atoms with Crippen LogP contribution in [0.5, 0.6) is 5.88 Å². The fourth-order valence-electron chi connectivity index (χ4n) is 5.06. The highest BCUT2D eigenvalue weighted by Crippen LogP contribution is 2.35. The Balaban J connectivity index is 1.34. The molecule has 3 unspecified atom stereocenters. The van der Waals surface area contributed by atoms with E-state index in [2.05, 4.69) is 20.3 Å². The summed E-state index contributed by atoms with van der Waals surface area (Å²) in [5, 5.41) is 12.7. The molecule has 3 aromatic carbocycles. The zero-order valence-electron chi connectivity index (χ0n) is 25.6. The van der Waals surface area contributed by atoms with Crippen LogP contribution in [0.25, 0.3) is 11.2 Å². The lowest BCUT2D eigenvalue weighted by Crippen LogP contribution is -2.30. The second-order valence-electron chi connectivity index (χ2n) is 11.1. The first kappa shape index (κ1) is 31.3. The van der Waals surface area contributed by atoms with Crippen molar-refractivity contribution in [3.05, 3.63) is 103 Å². The average Bonchev–Trinajstić information content (AvgIpc) is 3.70. The largest absolute Gasteiger partial charge is 0.456 e. The molecule has 47 heavy (non-hydrogen) atoms. The molecule has 0 radical (unpaired) electrons. The number of aromatic nitrogens is 4. The molecule has 1 aliphatic rings. The molecule has 3 atom stereocenters. The van der Waals surface area contributed by atoms with Gasteiger partial charge in [0.2, 0.25) is 11.9 Å². The van der Waals surface area contributed by atoms with Crippen molar-refractivity contribution in [3.63, 3.8) is 0 Å². The third kappa shape index (κ3) is 6.81. The summed E-state index contributed by atoms with van der Waals surface area (Å²) >= 11 is 0. The first-order chi connectivity index (χ1) is 22.8. The molecule has 3 heterocycles. The highest BCUT2D eigenvalue weighted by molar-refractivity contribution is 5.98. The molecule has 13 heteroatoms. The van der Waals surface area contributed by atoms with Crippen molar-refractivity contribution in [3.8, 4) is 5.88 Å². The number of aliphatic hydroxyl groups excluding tert-OH is 1. The van der Waals surface area contributed by atoms with Crippen molar-refractivity contribution >= 4 is 46.5 Å². The van der Waals surface area contributed by atoms with Crippen LogP contribution in [0.15, 0.2) is 97.3 Å². The Bertz CT molecular complexity index is 1830. The quantitative estimate of drug-likeness (QED) is 0.204. The molecular formula is C34H32N6O7. The van der Waals surface area contributed by atoms with E-state index in [1.165, 1.54) is 11.2 Å². The van der Waals surface area contributed by atoms with Gasteiger partial charge < -0.3 is 19.3 Å². The van der Waals surface area contributed by atoms with E-state index in [4.69, 9.17) is 14.2 Å². The highest BCUT2D eigenvalue weighted by Gasteiger charge is 2.40. The maximum atomic E-state index is 13.8. The number of esters is 1. The second kappa shape index (κ2) is 13.8. The third-order valence-corrected chi connectivity index (χ3v) is 7.48. The molecular weight excluding hydrogens is 604 g/mol. The van der Waals surface area contributed by atoms with E-state index in [0.29, 0.717) is 16.9 Å². The summed E-state index contributed by atoms with van der Waals surface area (Å²) in [6.45, 7) is 3.03. The normalized spacial score (nSPS) is 17.4. The SMILES string of the molecule is CC(C)C(=O)Nc1nc(OC(=O)N(c2ccccc2)c2ccccc2)c2ncn(C3CC(OC(=O)c4ccccc4)C(CO)O3)c2n1. The number of nitrogens with zero attached hydrogens (tertiary/aromatic N) is 5. The smallest absolute Gasteiger partial charge is 0.425 e. The van der Waals surface area contributed by atoms with E-state index in [1.807, 2.05) is 12.1 Å². The van der Waals surface area contributed by atoms with Crippen LogP contribution in [-0.2, 0) is 14.3 Å². The van der Waals surface area contributed by atoms with E-state index in [0.717, 1.165) is 0 Å². The van der Waals surface area contributed by atoms with Crippen LogP contribution in [-0.4, -0.2) is 61.4 Å². The molecule has 240 valence electrons. The Labute approximate surface area is 269 Å². The molecule has 0 bridgehead atoms. The number of hydrogen-bond acceptors (Lipinski definition) is 10. The molecule has 1 aliphatic heterocycles. The summed E-state index contributed by atoms with van der Waals surface area (Å²) in [4.78, 5) is 54.0. The van der Waals surface area contributed by atoms with Crippen LogP contribution < -0.4 is 15.0 Å². The summed E-state index contributed by atoms with van der Waals surface area (Å²) in [5.41, 5.74) is 1.78. The summed E-state index contributed by atoms with van der Waals surface area (Å²) in [6.07, 6.45) is -1.56. The number of fused-ring (bicyclic) bond motifs is 1. The first-order valence-electron chi connectivity index (χ1n) is 15.0. The van der Waals surface area contributed by atoms with E-state index < -0.39 is 37.1 Å². The van der Waals surface area contributed by atoms with Gasteiger partial charge in [0.1, 0.15) is 18.4 Å². The molecule has 6 rings (SSSR count). The zero-order chi connectivity index (χ0) is 32.9. The number of carbonyl (C=O) groups excluding carboxylic acids is 3. The van der Waals surface area contributed by atoms with Crippen molar-refractivity contribution in [2.75, 3.05) is 16.8 Å². The Hall–Kier alpha value is -5.66. The fourth-order valence-corrected chi connectivity index (χ4v) is 5.06. The molecule has 1 fully saturated rings. The number of hydrogen-bond donors (Lipinski definition) is 2. The number of rotatable bonds is 9. The van der Waals surface area contributed by atoms with Crippen LogP contribution in [0.4, 0.5) is 22.1 Å². The van der Waals surface area contributed by atoms with Crippen molar-refractivity contribution in [2.45, 2.75) is 38.7 Å². The van der Waals surface area contributed by atoms with E-state index in [1.54, 1.807) is 97.3 Å². The first-order valence-corrected chi connectivity index (χ1v) is 15.0. The summed E-state index contributed by atoms with van der Waals surface area (Å²) < 4.78 is 19.2. The number of amides is 2. The number of para-hydroxylation sites is 2. The molecule has 13 nitrogen and oxygen atoms in total. The summed E-state index contributed by atoms with van der Waals surface area (Å²) in [7, 11) is 0. The van der Waals surface area contributed by atoms with Crippen LogP contribution in [0.3, 0.4) is 0 Å². The predicted molar refractivity (Wildman–Crippen MR) is 171 cm³/mol. The maximum Gasteiger partial charge on any atom is 0.425 e. The highest BCUT2D eigenvalue weighted by atomic mass is 16.6. The molecule has 0 spiro atoms. The zero-order valence-corrected chi connectivity index (χ0v) is 25.6. The van der Waals surface area contributed by atoms with Crippen LogP contribution in [0, 0.1) is 5.92 Å². The average molecular weight is 637 g/mol. The molecule has 2 N–H and O–H groups in total. The summed E-state index contributed by atoms with van der Waals surface area (Å²) in [5.74, 6) is -1.60. The number of carbonyl (C=O) groups is 3. The van der Waals surface area contributed by atoms with Crippen LogP contribution in [0.2, 0.25) is 0 Å². The molecule has 0 saturated carbocycles. The second-order valence-corrected chi connectivity index (χ2v) is 11.1. The van der Waals surface area contributed by atoms with Gasteiger partial charge in [-0.2, -0.15) is 9.97 Å². The molecule has 2 aromatic heterocycles. The van der Waals surface area contributed by atoms with Crippen molar-refractivity contribution in [1.29, 1.82) is 0 Å². The standard InChI is InChI=1S/C34H32N6O7/c1-21(2)30(42)37-33-36-29-28(31(38-33)47-34(44)40(23-14-8-4-9-15-23)24-16-10-5-11-17-24)35-20-39(29)27-18-25(26(19-41)45-27)46-32(43)22-12-6-3-7-13-22/h3-17,20-21,25-27,41H,18-19H2,1-2H3,(H,36,37,38,42). The fraction of sp³-hybridized carbons (Fsp3) is 0.235. The Morgan fingerprint density at radius 1 is 0.957 bits per heavy atom. The number of aliphatic hydroxyl groups is 1. The van der Waals surface area contributed by atoms with Gasteiger partial charge in [-0.1, -0.05) is 68.4 Å². The number of imidazole rings is 1. The monoisotopic (exact) mass is 636 g/mol. The van der Waals surface area contributed by atoms with Gasteiger partial charge >= 0.3 is 12.1 Å².